The fraction of sp³-hybridized carbons (Fsp3) is 0.800. The van der Waals surface area contributed by atoms with Crippen LogP contribution in [0.25, 0.3) is 0 Å². The Labute approximate surface area is 54.2 Å². The third-order valence-corrected chi connectivity index (χ3v) is 2.40. The van der Waals surface area contributed by atoms with Crippen LogP contribution in [0.1, 0.15) is 12.8 Å². The van der Waals surface area contributed by atoms with E-state index in [0.29, 0.717) is 0 Å². The summed E-state index contributed by atoms with van der Waals surface area (Å²) >= 11 is 0. The molecular weight excluding hydrogens is 137 g/mol. The zero-order chi connectivity index (χ0) is 6.91. The van der Waals surface area contributed by atoms with E-state index >= 15 is 0 Å². The maximum absolute atomic E-state index is 10.2. The van der Waals surface area contributed by atoms with E-state index in [2.05, 4.69) is 0 Å². The second-order valence-electron chi connectivity index (χ2n) is 2.40. The van der Waals surface area contributed by atoms with Crippen molar-refractivity contribution in [3.63, 3.8) is 0 Å². The quantitative estimate of drug-likeness (QED) is 0.588. The lowest BCUT2D eigenvalue weighted by atomic mass is 10.2. The molecule has 9 heavy (non-hydrogen) atoms. The van der Waals surface area contributed by atoms with Crippen molar-refractivity contribution in [3.8, 4) is 6.07 Å². The first-order chi connectivity index (χ1) is 4.18. The van der Waals surface area contributed by atoms with E-state index in [1.54, 1.807) is 0 Å². The van der Waals surface area contributed by atoms with Crippen molar-refractivity contribution < 1.29 is 9.46 Å². The Hall–Kier alpha value is -0.450. The van der Waals surface area contributed by atoms with Gasteiger partial charge in [0.05, 0.1) is 6.07 Å². The third kappa shape index (κ3) is 1.48. The molecule has 0 amide bonds. The van der Waals surface area contributed by atoms with Gasteiger partial charge in [-0.25, -0.2) is 0 Å². The first-order valence-corrected chi connectivity index (χ1v) is 4.13. The molecule has 0 aliphatic heterocycles. The van der Waals surface area contributed by atoms with Crippen LogP contribution in [0.2, 0.25) is 0 Å². The normalized spacial score (nSPS) is 22.4. The first kappa shape index (κ1) is 6.67. The molecule has 1 unspecified atom stereocenters. The Bertz CT molecular complexity index is 180. The highest BCUT2D eigenvalue weighted by Crippen LogP contribution is 2.49. The van der Waals surface area contributed by atoms with Crippen LogP contribution in [0.15, 0.2) is 0 Å². The van der Waals surface area contributed by atoms with Crippen molar-refractivity contribution in [2.45, 2.75) is 12.8 Å². The summed E-state index contributed by atoms with van der Waals surface area (Å²) in [6.45, 7) is 0. The molecule has 0 heterocycles. The van der Waals surface area contributed by atoms with Gasteiger partial charge in [-0.15, -0.1) is 0 Å². The lowest BCUT2D eigenvalue weighted by Crippen LogP contribution is -1.98. The summed E-state index contributed by atoms with van der Waals surface area (Å²) in [7, 11) is -2.10. The van der Waals surface area contributed by atoms with Crippen molar-refractivity contribution in [3.05, 3.63) is 0 Å². The molecule has 1 atom stereocenters. The first-order valence-electron chi connectivity index (χ1n) is 2.73. The zero-order valence-corrected chi connectivity index (χ0v) is 5.77. The maximum Gasteiger partial charge on any atom is 0.507 e. The number of hydrogen-bond donors (Lipinski definition) is 1. The monoisotopic (exact) mass is 144 g/mol. The highest BCUT2D eigenvalue weighted by atomic mass is 31.1. The summed E-state index contributed by atoms with van der Waals surface area (Å²) in [6.07, 6.45) is 1.76. The van der Waals surface area contributed by atoms with E-state index < -0.39 is 13.4 Å². The standard InChI is InChI=1S/C5H6NO2P/c6-3-5(1-2-5)4-9(7)8/h1-2,4H2/p+1. The minimum atomic E-state index is -2.10. The van der Waals surface area contributed by atoms with Crippen LogP contribution in [-0.2, 0) is 4.57 Å². The van der Waals surface area contributed by atoms with Crippen LogP contribution in [0.5, 0.6) is 0 Å². The predicted molar refractivity (Wildman–Crippen MR) is 32.0 cm³/mol. The summed E-state index contributed by atoms with van der Waals surface area (Å²) in [5, 5.41) is 8.42. The molecule has 0 saturated heterocycles. The van der Waals surface area contributed by atoms with Gasteiger partial charge < -0.3 is 0 Å². The maximum atomic E-state index is 10.2. The Morgan fingerprint density at radius 1 is 1.78 bits per heavy atom. The number of hydrogen-bond acceptors (Lipinski definition) is 2. The van der Waals surface area contributed by atoms with Crippen molar-refractivity contribution in [2.75, 3.05) is 6.16 Å². The summed E-state index contributed by atoms with van der Waals surface area (Å²) in [5.41, 5.74) is -0.414. The van der Waals surface area contributed by atoms with Crippen LogP contribution >= 0.6 is 8.03 Å². The number of nitriles is 1. The van der Waals surface area contributed by atoms with E-state index in [9.17, 15) is 4.57 Å². The van der Waals surface area contributed by atoms with Crippen molar-refractivity contribution >= 4 is 8.03 Å². The summed E-state index contributed by atoms with van der Waals surface area (Å²) in [6, 6.07) is 2.04. The third-order valence-electron chi connectivity index (χ3n) is 1.53. The van der Waals surface area contributed by atoms with Gasteiger partial charge >= 0.3 is 8.03 Å². The molecule has 1 aliphatic carbocycles. The molecule has 0 aromatic carbocycles. The molecular formula is C5H7NO2P+. The molecule has 1 fully saturated rings. The molecule has 1 aliphatic rings. The minimum absolute atomic E-state index is 0.166. The van der Waals surface area contributed by atoms with E-state index in [4.69, 9.17) is 10.2 Å². The lowest BCUT2D eigenvalue weighted by Gasteiger charge is -1.87. The van der Waals surface area contributed by atoms with E-state index in [1.165, 1.54) is 0 Å². The molecule has 0 spiro atoms. The van der Waals surface area contributed by atoms with Gasteiger partial charge in [0.2, 0.25) is 0 Å². The Morgan fingerprint density at radius 2 is 2.33 bits per heavy atom. The van der Waals surface area contributed by atoms with Gasteiger partial charge in [-0.1, -0.05) is 0 Å². The second kappa shape index (κ2) is 2.06. The predicted octanol–water partition coefficient (Wildman–Crippen LogP) is 1.02. The van der Waals surface area contributed by atoms with Crippen LogP contribution in [0.3, 0.4) is 0 Å². The lowest BCUT2D eigenvalue weighted by molar-refractivity contribution is 0.494. The summed E-state index contributed by atoms with van der Waals surface area (Å²) < 4.78 is 10.2. The molecule has 0 aromatic heterocycles. The molecule has 0 aromatic rings. The Morgan fingerprint density at radius 3 is 2.44 bits per heavy atom. The van der Waals surface area contributed by atoms with E-state index in [1.807, 2.05) is 6.07 Å². The fourth-order valence-electron chi connectivity index (χ4n) is 0.715. The molecule has 1 N–H and O–H groups in total. The van der Waals surface area contributed by atoms with Gasteiger partial charge in [-0.05, 0) is 17.4 Å². The van der Waals surface area contributed by atoms with Crippen LogP contribution in [0, 0.1) is 16.7 Å². The van der Waals surface area contributed by atoms with Gasteiger partial charge in [0.1, 0.15) is 5.41 Å². The second-order valence-corrected chi connectivity index (χ2v) is 3.42. The van der Waals surface area contributed by atoms with Gasteiger partial charge in [0.25, 0.3) is 0 Å². The summed E-state index contributed by atoms with van der Waals surface area (Å²) in [4.78, 5) is 8.42. The van der Waals surface area contributed by atoms with E-state index in [-0.39, 0.29) is 6.16 Å². The van der Waals surface area contributed by atoms with Crippen molar-refractivity contribution in [1.82, 2.24) is 0 Å². The minimum Gasteiger partial charge on any atom is -0.198 e. The van der Waals surface area contributed by atoms with E-state index in [0.717, 1.165) is 12.8 Å². The van der Waals surface area contributed by atoms with Gasteiger partial charge in [0, 0.05) is 0 Å². The van der Waals surface area contributed by atoms with Gasteiger partial charge in [0.15, 0.2) is 6.16 Å². The molecule has 4 heteroatoms. The fourth-order valence-corrected chi connectivity index (χ4v) is 1.62. The van der Waals surface area contributed by atoms with Crippen molar-refractivity contribution in [1.29, 1.82) is 5.26 Å². The molecule has 3 nitrogen and oxygen atoms in total. The van der Waals surface area contributed by atoms with Crippen molar-refractivity contribution in [2.24, 2.45) is 5.41 Å². The van der Waals surface area contributed by atoms with Crippen LogP contribution < -0.4 is 0 Å². The smallest absolute Gasteiger partial charge is 0.198 e. The Balaban J connectivity index is 2.45. The molecule has 0 radical (unpaired) electrons. The average molecular weight is 144 g/mol. The van der Waals surface area contributed by atoms with Crippen LogP contribution in [-0.4, -0.2) is 11.1 Å². The SMILES string of the molecule is N#CC1(C[P+](=O)O)CC1. The number of rotatable bonds is 2. The van der Waals surface area contributed by atoms with Crippen LogP contribution in [0.4, 0.5) is 0 Å². The zero-order valence-electron chi connectivity index (χ0n) is 4.87. The molecule has 1 rings (SSSR count). The van der Waals surface area contributed by atoms with Gasteiger partial charge in [-0.3, -0.25) is 0 Å². The van der Waals surface area contributed by atoms with Gasteiger partial charge in [-0.2, -0.15) is 10.2 Å². The summed E-state index contributed by atoms with van der Waals surface area (Å²) in [5.74, 6) is 0. The topological polar surface area (TPSA) is 61.1 Å². The average Bonchev–Trinajstić information content (AvgIpc) is 2.48. The Kier molecular flexibility index (Phi) is 1.52. The largest absolute Gasteiger partial charge is 0.507 e. The molecule has 1 saturated carbocycles. The molecule has 48 valence electrons. The molecule has 0 bridgehead atoms. The highest BCUT2D eigenvalue weighted by molar-refractivity contribution is 7.38. The highest BCUT2D eigenvalue weighted by Gasteiger charge is 2.49. The number of nitrogens with zero attached hydrogens (tertiary/aromatic N) is 1.